The number of benzene rings is 2. The largest absolute Gasteiger partial charge is 0.567 e. The second kappa shape index (κ2) is 19.3. The minimum absolute atomic E-state index is 0.0887. The van der Waals surface area contributed by atoms with E-state index < -0.39 is 14.2 Å². The molecule has 0 aromatic heterocycles. The maximum Gasteiger partial charge on any atom is 0.567 e. The Morgan fingerprint density at radius 1 is 0.842 bits per heavy atom. The summed E-state index contributed by atoms with van der Waals surface area (Å²) in [5.41, 5.74) is 1.02. The number of rotatable bonds is 21. The molecule has 6 nitrogen and oxygen atoms in total. The van der Waals surface area contributed by atoms with Crippen LogP contribution in [0.2, 0.25) is 0 Å². The molecule has 0 unspecified atom stereocenters. The van der Waals surface area contributed by atoms with Crippen LogP contribution in [0.1, 0.15) is 102 Å². The first kappa shape index (κ1) is 32.4. The van der Waals surface area contributed by atoms with Crippen LogP contribution in [0.25, 0.3) is 10.8 Å². The first-order valence-electron chi connectivity index (χ1n) is 14.5. The van der Waals surface area contributed by atoms with Crippen molar-refractivity contribution in [1.29, 1.82) is 0 Å². The summed E-state index contributed by atoms with van der Waals surface area (Å²) >= 11 is 0. The standard InChI is InChI=1S/C31H48NO5P/c1-2-3-4-5-6-7-8-9-10-11-12-13-14-15-16-24-31(33)32-29(26-37-38(34,35)36)25-28-22-19-21-27-20-17-18-23-30(27)28/h9-10,17-23,29,34-36H,2-8,11-16,24-26H2,1H3/p+1/b10-9-/t29-/m1/s1. The van der Waals surface area contributed by atoms with Gasteiger partial charge < -0.3 is 5.32 Å². The number of hydrogen-bond acceptors (Lipinski definition) is 5. The van der Waals surface area contributed by atoms with Gasteiger partial charge in [0.25, 0.3) is 0 Å². The molecule has 38 heavy (non-hydrogen) atoms. The summed E-state index contributed by atoms with van der Waals surface area (Å²) in [5.74, 6) is -0.0887. The molecule has 1 amide bonds. The fraction of sp³-hybridized carbons (Fsp3) is 0.581. The van der Waals surface area contributed by atoms with Crippen molar-refractivity contribution in [3.05, 3.63) is 60.2 Å². The minimum atomic E-state index is -4.38. The molecule has 0 saturated carbocycles. The topological polar surface area (TPSA) is 99.0 Å². The predicted octanol–water partition coefficient (Wildman–Crippen LogP) is 7.58. The van der Waals surface area contributed by atoms with Gasteiger partial charge >= 0.3 is 8.17 Å². The van der Waals surface area contributed by atoms with Crippen molar-refractivity contribution >= 4 is 24.8 Å². The Hall–Kier alpha value is -1.82. The Morgan fingerprint density at radius 3 is 2.13 bits per heavy atom. The highest BCUT2D eigenvalue weighted by Gasteiger charge is 2.34. The fourth-order valence-corrected chi connectivity index (χ4v) is 5.11. The van der Waals surface area contributed by atoms with Crippen LogP contribution in [0.3, 0.4) is 0 Å². The van der Waals surface area contributed by atoms with Crippen molar-refractivity contribution in [3.63, 3.8) is 0 Å². The molecule has 0 aliphatic heterocycles. The number of amides is 1. The van der Waals surface area contributed by atoms with Crippen molar-refractivity contribution < 1.29 is 24.0 Å². The molecule has 0 aliphatic rings. The second-order valence-electron chi connectivity index (χ2n) is 10.3. The van der Waals surface area contributed by atoms with Crippen LogP contribution >= 0.6 is 8.17 Å². The number of unbranched alkanes of at least 4 members (excludes halogenated alkanes) is 11. The molecule has 0 spiro atoms. The molecular weight excluding hydrogens is 497 g/mol. The number of nitrogens with one attached hydrogen (secondary N) is 1. The van der Waals surface area contributed by atoms with Gasteiger partial charge in [-0.25, -0.2) is 0 Å². The Bertz CT molecular complexity index is 938. The van der Waals surface area contributed by atoms with Crippen molar-refractivity contribution in [2.75, 3.05) is 6.61 Å². The van der Waals surface area contributed by atoms with E-state index in [-0.39, 0.29) is 12.5 Å². The summed E-state index contributed by atoms with van der Waals surface area (Å²) < 4.78 is 4.87. The lowest BCUT2D eigenvalue weighted by atomic mass is 9.99. The van der Waals surface area contributed by atoms with Crippen LogP contribution < -0.4 is 5.32 Å². The number of fused-ring (bicyclic) bond motifs is 1. The minimum Gasteiger partial charge on any atom is -0.351 e. The average molecular weight is 547 g/mol. The summed E-state index contributed by atoms with van der Waals surface area (Å²) in [7, 11) is -4.38. The molecule has 0 bridgehead atoms. The fourth-order valence-electron chi connectivity index (χ4n) is 4.73. The normalized spacial score (nSPS) is 12.8. The number of carbonyl (C=O) groups excluding carboxylic acids is 1. The van der Waals surface area contributed by atoms with Crippen LogP contribution in [0.15, 0.2) is 54.6 Å². The summed E-state index contributed by atoms with van der Waals surface area (Å²) in [6.45, 7) is 2.07. The molecular formula is C31H49NO5P+. The zero-order chi connectivity index (χ0) is 27.5. The van der Waals surface area contributed by atoms with Gasteiger partial charge in [0, 0.05) is 6.42 Å². The van der Waals surface area contributed by atoms with E-state index in [0.29, 0.717) is 12.8 Å². The molecule has 1 atom stereocenters. The zero-order valence-electron chi connectivity index (χ0n) is 23.2. The van der Waals surface area contributed by atoms with Crippen LogP contribution in [0.5, 0.6) is 0 Å². The SMILES string of the molecule is CCCCCCCC/C=C\CCCCCCCC(=O)N[C@@H](CO[P+](O)(O)O)Cc1cccc2ccccc12. The van der Waals surface area contributed by atoms with Crippen LogP contribution in [0, 0.1) is 0 Å². The van der Waals surface area contributed by atoms with Crippen LogP contribution in [-0.4, -0.2) is 33.2 Å². The Morgan fingerprint density at radius 2 is 1.45 bits per heavy atom. The maximum absolute atomic E-state index is 12.6. The highest BCUT2D eigenvalue weighted by atomic mass is 31.2. The Labute approximate surface area is 230 Å². The monoisotopic (exact) mass is 546 g/mol. The summed E-state index contributed by atoms with van der Waals surface area (Å²) in [6.07, 6.45) is 21.2. The molecule has 0 saturated heterocycles. The predicted molar refractivity (Wildman–Crippen MR) is 159 cm³/mol. The molecule has 0 aliphatic carbocycles. The Balaban J connectivity index is 1.64. The third-order valence-corrected chi connectivity index (χ3v) is 7.32. The van der Waals surface area contributed by atoms with Gasteiger partial charge in [0.1, 0.15) is 6.61 Å². The van der Waals surface area contributed by atoms with Gasteiger partial charge in [-0.15, -0.1) is 0 Å². The third kappa shape index (κ3) is 14.9. The van der Waals surface area contributed by atoms with E-state index >= 15 is 0 Å². The molecule has 7 heteroatoms. The molecule has 0 fully saturated rings. The summed E-state index contributed by atoms with van der Waals surface area (Å²) in [4.78, 5) is 40.4. The Kier molecular flexibility index (Phi) is 16.4. The summed E-state index contributed by atoms with van der Waals surface area (Å²) in [6, 6.07) is 13.5. The van der Waals surface area contributed by atoms with E-state index in [4.69, 9.17) is 4.52 Å². The maximum atomic E-state index is 12.6. The first-order chi connectivity index (χ1) is 18.4. The van der Waals surface area contributed by atoms with Gasteiger partial charge in [-0.3, -0.25) is 4.79 Å². The van der Waals surface area contributed by atoms with Crippen molar-refractivity contribution in [1.82, 2.24) is 5.32 Å². The molecule has 0 heterocycles. The van der Waals surface area contributed by atoms with E-state index in [1.54, 1.807) is 0 Å². The van der Waals surface area contributed by atoms with E-state index in [0.717, 1.165) is 42.0 Å². The lowest BCUT2D eigenvalue weighted by Crippen LogP contribution is -2.39. The lowest BCUT2D eigenvalue weighted by Gasteiger charge is -2.19. The van der Waals surface area contributed by atoms with Crippen LogP contribution in [0.4, 0.5) is 0 Å². The van der Waals surface area contributed by atoms with Gasteiger partial charge in [0.2, 0.25) is 5.91 Å². The molecule has 2 aromatic rings. The van der Waals surface area contributed by atoms with Gasteiger partial charge in [0.15, 0.2) is 0 Å². The highest BCUT2D eigenvalue weighted by molar-refractivity contribution is 7.53. The number of allylic oxidation sites excluding steroid dienone is 2. The third-order valence-electron chi connectivity index (χ3n) is 6.83. The van der Waals surface area contributed by atoms with Gasteiger partial charge in [-0.1, -0.05) is 113 Å². The van der Waals surface area contributed by atoms with Crippen LogP contribution in [-0.2, 0) is 15.7 Å². The van der Waals surface area contributed by atoms with Crippen molar-refractivity contribution in [2.45, 2.75) is 109 Å². The van der Waals surface area contributed by atoms with E-state index in [2.05, 4.69) is 24.4 Å². The van der Waals surface area contributed by atoms with Gasteiger partial charge in [-0.05, 0) is 54.9 Å². The second-order valence-corrected chi connectivity index (χ2v) is 11.5. The lowest BCUT2D eigenvalue weighted by molar-refractivity contribution is -0.122. The number of carbonyl (C=O) groups is 1. The molecule has 2 rings (SSSR count). The molecule has 4 N–H and O–H groups in total. The van der Waals surface area contributed by atoms with E-state index in [1.165, 1.54) is 57.8 Å². The van der Waals surface area contributed by atoms with Gasteiger partial charge in [0.05, 0.1) is 6.04 Å². The van der Waals surface area contributed by atoms with Gasteiger partial charge in [-0.2, -0.15) is 19.2 Å². The number of hydrogen-bond donors (Lipinski definition) is 4. The first-order valence-corrected chi connectivity index (χ1v) is 16.1. The molecule has 212 valence electrons. The average Bonchev–Trinajstić information content (AvgIpc) is 2.89. The highest BCUT2D eigenvalue weighted by Crippen LogP contribution is 2.45. The van der Waals surface area contributed by atoms with Crippen molar-refractivity contribution in [2.24, 2.45) is 0 Å². The quantitative estimate of drug-likeness (QED) is 0.0735. The molecule has 0 radical (unpaired) electrons. The zero-order valence-corrected chi connectivity index (χ0v) is 24.1. The molecule has 2 aromatic carbocycles. The smallest absolute Gasteiger partial charge is 0.351 e. The van der Waals surface area contributed by atoms with E-state index in [1.807, 2.05) is 42.5 Å². The summed E-state index contributed by atoms with van der Waals surface area (Å²) in [5, 5.41) is 5.13. The van der Waals surface area contributed by atoms with E-state index in [9.17, 15) is 19.5 Å². The van der Waals surface area contributed by atoms with Crippen molar-refractivity contribution in [3.8, 4) is 0 Å².